The summed E-state index contributed by atoms with van der Waals surface area (Å²) in [5.41, 5.74) is 4.45. The lowest BCUT2D eigenvalue weighted by molar-refractivity contribution is -0.113. The van der Waals surface area contributed by atoms with Gasteiger partial charge in [-0.2, -0.15) is 0 Å². The highest BCUT2D eigenvalue weighted by Gasteiger charge is 2.13. The van der Waals surface area contributed by atoms with Crippen molar-refractivity contribution >= 4 is 45.4 Å². The van der Waals surface area contributed by atoms with Crippen LogP contribution in [0.1, 0.15) is 5.56 Å². The molecule has 4 rings (SSSR count). The summed E-state index contributed by atoms with van der Waals surface area (Å²) in [5, 5.41) is 12.9. The molecule has 0 radical (unpaired) electrons. The number of fused-ring (bicyclic) bond motifs is 3. The van der Waals surface area contributed by atoms with Crippen molar-refractivity contribution in [2.75, 3.05) is 11.1 Å². The fourth-order valence-electron chi connectivity index (χ4n) is 2.88. The van der Waals surface area contributed by atoms with Crippen molar-refractivity contribution in [1.82, 2.24) is 19.7 Å². The Labute approximate surface area is 154 Å². The topological polar surface area (TPSA) is 72.7 Å². The molecule has 130 valence electrons. The molecule has 0 aliphatic rings. The third-order valence-corrected chi connectivity index (χ3v) is 5.08. The quantitative estimate of drug-likeness (QED) is 0.561. The van der Waals surface area contributed by atoms with Crippen LogP contribution < -0.4 is 5.32 Å². The van der Waals surface area contributed by atoms with Crippen molar-refractivity contribution in [2.45, 2.75) is 12.1 Å². The minimum atomic E-state index is -0.0926. The summed E-state index contributed by atoms with van der Waals surface area (Å²) in [5.74, 6) is 0.135. The molecule has 2 aromatic carbocycles. The van der Waals surface area contributed by atoms with Crippen LogP contribution in [0.2, 0.25) is 0 Å². The molecule has 0 aliphatic carbocycles. The number of aromatic nitrogens is 4. The van der Waals surface area contributed by atoms with Gasteiger partial charge in [-0.3, -0.25) is 4.79 Å². The van der Waals surface area contributed by atoms with Crippen molar-refractivity contribution < 1.29 is 4.79 Å². The Morgan fingerprint density at radius 1 is 1.12 bits per heavy atom. The van der Waals surface area contributed by atoms with E-state index < -0.39 is 0 Å². The van der Waals surface area contributed by atoms with Gasteiger partial charge in [0.1, 0.15) is 5.52 Å². The number of rotatable bonds is 4. The Morgan fingerprint density at radius 3 is 2.73 bits per heavy atom. The summed E-state index contributed by atoms with van der Waals surface area (Å²) in [4.78, 5) is 16.8. The highest BCUT2D eigenvalue weighted by molar-refractivity contribution is 7.99. The molecule has 2 heterocycles. The van der Waals surface area contributed by atoms with Crippen LogP contribution in [-0.2, 0) is 11.8 Å². The fourth-order valence-corrected chi connectivity index (χ4v) is 3.46. The molecule has 1 N–H and O–H groups in total. The van der Waals surface area contributed by atoms with Crippen LogP contribution in [0, 0.1) is 6.92 Å². The standard InChI is InChI=1S/C19H17N5OS/c1-12-7-3-5-9-14(12)20-16(25)11-26-19-21-18-17(22-23-19)13-8-4-6-10-15(13)24(18)2/h3-10H,11H2,1-2H3,(H,20,25). The number of carbonyl (C=O) groups is 1. The van der Waals surface area contributed by atoms with Crippen LogP contribution in [0.3, 0.4) is 0 Å². The maximum absolute atomic E-state index is 12.2. The summed E-state index contributed by atoms with van der Waals surface area (Å²) >= 11 is 1.28. The molecule has 0 atom stereocenters. The largest absolute Gasteiger partial charge is 0.327 e. The number of benzene rings is 2. The third kappa shape index (κ3) is 3.01. The van der Waals surface area contributed by atoms with E-state index in [0.29, 0.717) is 5.16 Å². The summed E-state index contributed by atoms with van der Waals surface area (Å²) in [6, 6.07) is 15.7. The van der Waals surface area contributed by atoms with E-state index in [0.717, 1.165) is 33.3 Å². The molecule has 0 saturated heterocycles. The van der Waals surface area contributed by atoms with Crippen molar-refractivity contribution in [1.29, 1.82) is 0 Å². The van der Waals surface area contributed by atoms with E-state index in [-0.39, 0.29) is 11.7 Å². The first-order valence-electron chi connectivity index (χ1n) is 8.19. The van der Waals surface area contributed by atoms with E-state index in [2.05, 4.69) is 20.5 Å². The second-order valence-electron chi connectivity index (χ2n) is 5.99. The van der Waals surface area contributed by atoms with Gasteiger partial charge in [-0.15, -0.1) is 10.2 Å². The average molecular weight is 363 g/mol. The van der Waals surface area contributed by atoms with Crippen molar-refractivity contribution in [2.24, 2.45) is 7.05 Å². The smallest absolute Gasteiger partial charge is 0.234 e. The van der Waals surface area contributed by atoms with Crippen molar-refractivity contribution in [3.8, 4) is 0 Å². The first-order chi connectivity index (χ1) is 12.6. The zero-order valence-electron chi connectivity index (χ0n) is 14.4. The average Bonchev–Trinajstić information content (AvgIpc) is 2.94. The Morgan fingerprint density at radius 2 is 1.88 bits per heavy atom. The van der Waals surface area contributed by atoms with E-state index >= 15 is 0 Å². The van der Waals surface area contributed by atoms with E-state index in [1.165, 1.54) is 11.8 Å². The zero-order valence-corrected chi connectivity index (χ0v) is 15.2. The van der Waals surface area contributed by atoms with E-state index in [1.807, 2.05) is 67.1 Å². The maximum atomic E-state index is 12.2. The number of nitrogens with zero attached hydrogens (tertiary/aromatic N) is 4. The lowest BCUT2D eigenvalue weighted by atomic mass is 10.2. The molecule has 0 saturated carbocycles. The first kappa shape index (κ1) is 16.5. The monoisotopic (exact) mass is 363 g/mol. The SMILES string of the molecule is Cc1ccccc1NC(=O)CSc1nnc2c3ccccc3n(C)c2n1. The molecule has 1 amide bonds. The van der Waals surface area contributed by atoms with Gasteiger partial charge in [-0.25, -0.2) is 4.98 Å². The third-order valence-electron chi connectivity index (χ3n) is 4.24. The summed E-state index contributed by atoms with van der Waals surface area (Å²) in [6.45, 7) is 1.96. The molecule has 0 bridgehead atoms. The molecule has 0 unspecified atom stereocenters. The van der Waals surface area contributed by atoms with Crippen LogP contribution in [0.15, 0.2) is 53.7 Å². The second-order valence-corrected chi connectivity index (χ2v) is 6.94. The van der Waals surface area contributed by atoms with Gasteiger partial charge in [0, 0.05) is 18.1 Å². The van der Waals surface area contributed by atoms with Gasteiger partial charge in [-0.1, -0.05) is 48.2 Å². The van der Waals surface area contributed by atoms with Gasteiger partial charge in [0.15, 0.2) is 5.65 Å². The predicted octanol–water partition coefficient (Wildman–Crippen LogP) is 3.56. The summed E-state index contributed by atoms with van der Waals surface area (Å²) < 4.78 is 2.00. The molecule has 7 heteroatoms. The normalized spacial score (nSPS) is 11.2. The van der Waals surface area contributed by atoms with Crippen LogP contribution in [-0.4, -0.2) is 31.4 Å². The van der Waals surface area contributed by atoms with E-state index in [1.54, 1.807) is 0 Å². The number of nitrogens with one attached hydrogen (secondary N) is 1. The Kier molecular flexibility index (Phi) is 4.30. The number of hydrogen-bond acceptors (Lipinski definition) is 5. The fraction of sp³-hybridized carbons (Fsp3) is 0.158. The van der Waals surface area contributed by atoms with Gasteiger partial charge in [0.05, 0.1) is 11.3 Å². The molecule has 0 aliphatic heterocycles. The highest BCUT2D eigenvalue weighted by atomic mass is 32.2. The van der Waals surface area contributed by atoms with Gasteiger partial charge < -0.3 is 9.88 Å². The number of thioether (sulfide) groups is 1. The minimum Gasteiger partial charge on any atom is -0.327 e. The van der Waals surface area contributed by atoms with E-state index in [9.17, 15) is 4.79 Å². The van der Waals surface area contributed by atoms with Crippen LogP contribution >= 0.6 is 11.8 Å². The number of amides is 1. The molecule has 0 spiro atoms. The Bertz CT molecular complexity index is 1120. The van der Waals surface area contributed by atoms with Crippen LogP contribution in [0.25, 0.3) is 22.1 Å². The molecular formula is C19H17N5OS. The lowest BCUT2D eigenvalue weighted by Crippen LogP contribution is -2.15. The number of carbonyl (C=O) groups excluding carboxylic acids is 1. The van der Waals surface area contributed by atoms with Crippen LogP contribution in [0.4, 0.5) is 5.69 Å². The van der Waals surface area contributed by atoms with Gasteiger partial charge in [-0.05, 0) is 24.6 Å². The van der Waals surface area contributed by atoms with Gasteiger partial charge in [0.2, 0.25) is 11.1 Å². The Hall–Kier alpha value is -2.93. The molecule has 26 heavy (non-hydrogen) atoms. The number of aryl methyl sites for hydroxylation is 2. The second kappa shape index (κ2) is 6.76. The first-order valence-corrected chi connectivity index (χ1v) is 9.18. The van der Waals surface area contributed by atoms with Crippen molar-refractivity contribution in [3.05, 3.63) is 54.1 Å². The van der Waals surface area contributed by atoms with Gasteiger partial charge in [0.25, 0.3) is 0 Å². The molecule has 6 nitrogen and oxygen atoms in total. The molecule has 0 fully saturated rings. The number of anilines is 1. The zero-order chi connectivity index (χ0) is 18.1. The maximum Gasteiger partial charge on any atom is 0.234 e. The summed E-state index contributed by atoms with van der Waals surface area (Å²) in [7, 11) is 1.96. The molecular weight excluding hydrogens is 346 g/mol. The minimum absolute atomic E-state index is 0.0926. The van der Waals surface area contributed by atoms with Crippen molar-refractivity contribution in [3.63, 3.8) is 0 Å². The number of hydrogen-bond donors (Lipinski definition) is 1. The lowest BCUT2D eigenvalue weighted by Gasteiger charge is -2.07. The molecule has 4 aromatic rings. The predicted molar refractivity (Wildman–Crippen MR) is 104 cm³/mol. The van der Waals surface area contributed by atoms with E-state index in [4.69, 9.17) is 0 Å². The molecule has 2 aromatic heterocycles. The highest BCUT2D eigenvalue weighted by Crippen LogP contribution is 2.26. The number of para-hydroxylation sites is 2. The van der Waals surface area contributed by atoms with Crippen LogP contribution in [0.5, 0.6) is 0 Å². The van der Waals surface area contributed by atoms with Gasteiger partial charge >= 0.3 is 0 Å². The Balaban J connectivity index is 1.52. The summed E-state index contributed by atoms with van der Waals surface area (Å²) in [6.07, 6.45) is 0.